The molecule has 6 nitrogen and oxygen atoms in total. The van der Waals surface area contributed by atoms with Crippen LogP contribution in [0.15, 0.2) is 76.5 Å². The molecule has 4 rings (SSSR count). The largest absolute Gasteiger partial charge is 0.469 e. The summed E-state index contributed by atoms with van der Waals surface area (Å²) in [5.41, 5.74) is 2.59. The zero-order valence-corrected chi connectivity index (χ0v) is 17.7. The third-order valence-electron chi connectivity index (χ3n) is 4.69. The van der Waals surface area contributed by atoms with E-state index in [0.29, 0.717) is 24.4 Å². The van der Waals surface area contributed by atoms with E-state index in [9.17, 15) is 9.18 Å². The molecule has 0 radical (unpaired) electrons. The SMILES string of the molecule is Cc1occc1-c1nnc(SCCC(=O)Nc2ccc(F)cc2)n1Cc1ccccc1. The molecule has 1 amide bonds. The van der Waals surface area contributed by atoms with E-state index < -0.39 is 0 Å². The van der Waals surface area contributed by atoms with Crippen molar-refractivity contribution in [2.24, 2.45) is 0 Å². The fourth-order valence-corrected chi connectivity index (χ4v) is 3.99. The van der Waals surface area contributed by atoms with Crippen LogP contribution in [0.1, 0.15) is 17.7 Å². The summed E-state index contributed by atoms with van der Waals surface area (Å²) in [5.74, 6) is 1.56. The fourth-order valence-electron chi connectivity index (χ4n) is 3.11. The van der Waals surface area contributed by atoms with Crippen LogP contribution in [-0.4, -0.2) is 26.4 Å². The Morgan fingerprint density at radius 2 is 1.87 bits per heavy atom. The lowest BCUT2D eigenvalue weighted by Gasteiger charge is -2.10. The Labute approximate surface area is 183 Å². The van der Waals surface area contributed by atoms with Crippen molar-refractivity contribution in [3.05, 3.63) is 84.1 Å². The van der Waals surface area contributed by atoms with E-state index >= 15 is 0 Å². The predicted molar refractivity (Wildman–Crippen MR) is 118 cm³/mol. The standard InChI is InChI=1S/C23H21FN4O2S/c1-16-20(11-13-30-16)22-26-27-23(28(22)15-17-5-3-2-4-6-17)31-14-12-21(29)25-19-9-7-18(24)8-10-19/h2-11,13H,12,14-15H2,1H3,(H,25,29). The zero-order valence-electron chi connectivity index (χ0n) is 16.9. The molecule has 0 fully saturated rings. The number of amides is 1. The molecule has 2 heterocycles. The van der Waals surface area contributed by atoms with E-state index in [1.165, 1.54) is 36.0 Å². The third-order valence-corrected chi connectivity index (χ3v) is 5.66. The van der Waals surface area contributed by atoms with Gasteiger partial charge in [0, 0.05) is 17.9 Å². The van der Waals surface area contributed by atoms with Gasteiger partial charge in [-0.05, 0) is 42.8 Å². The summed E-state index contributed by atoms with van der Waals surface area (Å²) in [6.07, 6.45) is 1.93. The minimum absolute atomic E-state index is 0.140. The van der Waals surface area contributed by atoms with E-state index in [2.05, 4.69) is 27.6 Å². The number of aryl methyl sites for hydroxylation is 1. The van der Waals surface area contributed by atoms with Gasteiger partial charge in [-0.25, -0.2) is 4.39 Å². The molecule has 2 aromatic carbocycles. The Kier molecular flexibility index (Phi) is 6.47. The predicted octanol–water partition coefficient (Wildman–Crippen LogP) is 5.15. The number of carbonyl (C=O) groups excluding carboxylic acids is 1. The topological polar surface area (TPSA) is 72.9 Å². The number of thioether (sulfide) groups is 1. The first-order valence-electron chi connectivity index (χ1n) is 9.80. The number of nitrogens with zero attached hydrogens (tertiary/aromatic N) is 3. The molecule has 2 aromatic heterocycles. The smallest absolute Gasteiger partial charge is 0.225 e. The third kappa shape index (κ3) is 5.21. The first-order chi connectivity index (χ1) is 15.1. The van der Waals surface area contributed by atoms with Gasteiger partial charge in [-0.2, -0.15) is 0 Å². The van der Waals surface area contributed by atoms with Crippen molar-refractivity contribution in [1.29, 1.82) is 0 Å². The van der Waals surface area contributed by atoms with Gasteiger partial charge in [-0.3, -0.25) is 9.36 Å². The van der Waals surface area contributed by atoms with Crippen LogP contribution in [0.2, 0.25) is 0 Å². The molecule has 1 N–H and O–H groups in total. The summed E-state index contributed by atoms with van der Waals surface area (Å²) < 4.78 is 20.5. The molecule has 8 heteroatoms. The van der Waals surface area contributed by atoms with Gasteiger partial charge in [-0.1, -0.05) is 42.1 Å². The second-order valence-electron chi connectivity index (χ2n) is 6.92. The average Bonchev–Trinajstić information content (AvgIpc) is 3.36. The van der Waals surface area contributed by atoms with Crippen LogP contribution in [0.25, 0.3) is 11.4 Å². The molecule has 0 aliphatic rings. The normalized spacial score (nSPS) is 10.9. The molecule has 4 aromatic rings. The highest BCUT2D eigenvalue weighted by Gasteiger charge is 2.18. The molecule has 0 aliphatic carbocycles. The lowest BCUT2D eigenvalue weighted by molar-refractivity contribution is -0.115. The van der Waals surface area contributed by atoms with Crippen molar-refractivity contribution in [2.45, 2.75) is 25.0 Å². The summed E-state index contributed by atoms with van der Waals surface area (Å²) in [6, 6.07) is 17.7. The lowest BCUT2D eigenvalue weighted by Crippen LogP contribution is -2.12. The average molecular weight is 437 g/mol. The van der Waals surface area contributed by atoms with Gasteiger partial charge in [-0.15, -0.1) is 10.2 Å². The maximum absolute atomic E-state index is 13.0. The number of carbonyl (C=O) groups is 1. The summed E-state index contributed by atoms with van der Waals surface area (Å²) in [4.78, 5) is 12.2. The van der Waals surface area contributed by atoms with Gasteiger partial charge in [0.2, 0.25) is 5.91 Å². The lowest BCUT2D eigenvalue weighted by atomic mass is 10.2. The number of furan rings is 1. The van der Waals surface area contributed by atoms with Gasteiger partial charge in [0.25, 0.3) is 0 Å². The zero-order chi connectivity index (χ0) is 21.6. The van der Waals surface area contributed by atoms with Gasteiger partial charge in [0.15, 0.2) is 11.0 Å². The molecule has 0 spiro atoms. The number of halogens is 1. The molecule has 31 heavy (non-hydrogen) atoms. The maximum atomic E-state index is 13.0. The number of nitrogens with one attached hydrogen (secondary N) is 1. The molecular weight excluding hydrogens is 415 g/mol. The quantitative estimate of drug-likeness (QED) is 0.387. The Balaban J connectivity index is 1.46. The van der Waals surface area contributed by atoms with Crippen molar-refractivity contribution < 1.29 is 13.6 Å². The Morgan fingerprint density at radius 1 is 1.10 bits per heavy atom. The van der Waals surface area contributed by atoms with E-state index in [4.69, 9.17) is 4.42 Å². The number of hydrogen-bond donors (Lipinski definition) is 1. The summed E-state index contributed by atoms with van der Waals surface area (Å²) in [7, 11) is 0. The van der Waals surface area contributed by atoms with Crippen molar-refractivity contribution >= 4 is 23.4 Å². The number of hydrogen-bond acceptors (Lipinski definition) is 5. The molecule has 0 saturated heterocycles. The van der Waals surface area contributed by atoms with Crippen LogP contribution in [0, 0.1) is 12.7 Å². The number of rotatable bonds is 8. The molecule has 0 saturated carbocycles. The Hall–Kier alpha value is -3.39. The fraction of sp³-hybridized carbons (Fsp3) is 0.174. The van der Waals surface area contributed by atoms with Crippen LogP contribution >= 0.6 is 11.8 Å². The van der Waals surface area contributed by atoms with Crippen molar-refractivity contribution in [2.75, 3.05) is 11.1 Å². The monoisotopic (exact) mass is 436 g/mol. The van der Waals surface area contributed by atoms with Crippen LogP contribution in [0.5, 0.6) is 0 Å². The molecule has 0 atom stereocenters. The van der Waals surface area contributed by atoms with Crippen molar-refractivity contribution in [3.8, 4) is 11.4 Å². The maximum Gasteiger partial charge on any atom is 0.225 e. The van der Waals surface area contributed by atoms with E-state index in [0.717, 1.165) is 27.9 Å². The summed E-state index contributed by atoms with van der Waals surface area (Å²) in [6.45, 7) is 2.50. The molecule has 0 aliphatic heterocycles. The first kappa shape index (κ1) is 20.9. The molecule has 158 valence electrons. The summed E-state index contributed by atoms with van der Waals surface area (Å²) in [5, 5.41) is 12.2. The van der Waals surface area contributed by atoms with Gasteiger partial charge >= 0.3 is 0 Å². The minimum atomic E-state index is -0.338. The molecule has 0 bridgehead atoms. The number of benzene rings is 2. The number of aromatic nitrogens is 3. The van der Waals surface area contributed by atoms with Crippen LogP contribution in [0.3, 0.4) is 0 Å². The van der Waals surface area contributed by atoms with Crippen molar-refractivity contribution in [3.63, 3.8) is 0 Å². The first-order valence-corrected chi connectivity index (χ1v) is 10.8. The highest BCUT2D eigenvalue weighted by Crippen LogP contribution is 2.28. The van der Waals surface area contributed by atoms with Crippen LogP contribution in [0.4, 0.5) is 10.1 Å². The van der Waals surface area contributed by atoms with E-state index in [1.807, 2.05) is 35.8 Å². The van der Waals surface area contributed by atoms with E-state index in [1.54, 1.807) is 6.26 Å². The second-order valence-corrected chi connectivity index (χ2v) is 7.98. The Morgan fingerprint density at radius 3 is 2.58 bits per heavy atom. The molecule has 0 unspecified atom stereocenters. The van der Waals surface area contributed by atoms with Crippen LogP contribution in [-0.2, 0) is 11.3 Å². The van der Waals surface area contributed by atoms with Crippen LogP contribution < -0.4 is 5.32 Å². The van der Waals surface area contributed by atoms with E-state index in [-0.39, 0.29) is 11.7 Å². The second kappa shape index (κ2) is 9.61. The Bertz CT molecular complexity index is 1160. The van der Waals surface area contributed by atoms with Gasteiger partial charge < -0.3 is 9.73 Å². The number of anilines is 1. The minimum Gasteiger partial charge on any atom is -0.469 e. The van der Waals surface area contributed by atoms with Crippen molar-refractivity contribution in [1.82, 2.24) is 14.8 Å². The van der Waals surface area contributed by atoms with Gasteiger partial charge in [0.05, 0.1) is 18.4 Å². The molecular formula is C23H21FN4O2S. The summed E-state index contributed by atoms with van der Waals surface area (Å²) >= 11 is 1.47. The van der Waals surface area contributed by atoms with Gasteiger partial charge in [0.1, 0.15) is 11.6 Å². The highest BCUT2D eigenvalue weighted by molar-refractivity contribution is 7.99. The highest BCUT2D eigenvalue weighted by atomic mass is 32.2.